The SMILES string of the molecule is CCOC(=O)C=CCNC(C)Cc1ccccc1. The molecule has 0 heterocycles. The first-order valence-corrected chi connectivity index (χ1v) is 6.33. The third-order valence-electron chi connectivity index (χ3n) is 2.51. The van der Waals surface area contributed by atoms with Gasteiger partial charge in [-0.15, -0.1) is 0 Å². The van der Waals surface area contributed by atoms with E-state index in [0.717, 1.165) is 6.42 Å². The molecule has 0 aliphatic carbocycles. The molecule has 18 heavy (non-hydrogen) atoms. The fourth-order valence-corrected chi connectivity index (χ4v) is 1.65. The maximum Gasteiger partial charge on any atom is 0.330 e. The second kappa shape index (κ2) is 8.48. The smallest absolute Gasteiger partial charge is 0.330 e. The van der Waals surface area contributed by atoms with Crippen molar-refractivity contribution in [1.29, 1.82) is 0 Å². The molecule has 0 bridgehead atoms. The number of rotatable bonds is 7. The van der Waals surface area contributed by atoms with E-state index < -0.39 is 0 Å². The van der Waals surface area contributed by atoms with Gasteiger partial charge in [0.1, 0.15) is 0 Å². The van der Waals surface area contributed by atoms with E-state index in [1.165, 1.54) is 11.6 Å². The first-order valence-electron chi connectivity index (χ1n) is 6.33. The van der Waals surface area contributed by atoms with Crippen LogP contribution in [0.25, 0.3) is 0 Å². The first-order chi connectivity index (χ1) is 8.72. The molecule has 0 aliphatic rings. The van der Waals surface area contributed by atoms with Crippen LogP contribution in [0.1, 0.15) is 19.4 Å². The van der Waals surface area contributed by atoms with Gasteiger partial charge in [0.25, 0.3) is 0 Å². The van der Waals surface area contributed by atoms with Gasteiger partial charge in [-0.1, -0.05) is 36.4 Å². The largest absolute Gasteiger partial charge is 0.463 e. The molecule has 0 radical (unpaired) electrons. The highest BCUT2D eigenvalue weighted by molar-refractivity contribution is 5.81. The summed E-state index contributed by atoms with van der Waals surface area (Å²) in [6, 6.07) is 10.7. The van der Waals surface area contributed by atoms with Crippen molar-refractivity contribution >= 4 is 5.97 Å². The van der Waals surface area contributed by atoms with Gasteiger partial charge in [-0.05, 0) is 25.8 Å². The molecule has 98 valence electrons. The Morgan fingerprint density at radius 3 is 2.78 bits per heavy atom. The monoisotopic (exact) mass is 247 g/mol. The van der Waals surface area contributed by atoms with Crippen LogP contribution in [0.3, 0.4) is 0 Å². The van der Waals surface area contributed by atoms with E-state index in [4.69, 9.17) is 4.74 Å². The lowest BCUT2D eigenvalue weighted by Crippen LogP contribution is -2.28. The molecule has 0 spiro atoms. The molecule has 1 aromatic carbocycles. The van der Waals surface area contributed by atoms with Gasteiger partial charge < -0.3 is 10.1 Å². The second-order valence-electron chi connectivity index (χ2n) is 4.15. The average Bonchev–Trinajstić information content (AvgIpc) is 2.36. The predicted octanol–water partition coefficient (Wildman–Crippen LogP) is 2.33. The molecule has 0 fully saturated rings. The van der Waals surface area contributed by atoms with Crippen molar-refractivity contribution < 1.29 is 9.53 Å². The van der Waals surface area contributed by atoms with Crippen LogP contribution in [0, 0.1) is 0 Å². The number of ether oxygens (including phenoxy) is 1. The maximum atomic E-state index is 11.0. The molecule has 1 unspecified atom stereocenters. The standard InChI is InChI=1S/C15H21NO2/c1-3-18-15(17)10-7-11-16-13(2)12-14-8-5-4-6-9-14/h4-10,13,16H,3,11-12H2,1-2H3. The summed E-state index contributed by atoms with van der Waals surface area (Å²) < 4.78 is 4.79. The predicted molar refractivity (Wildman–Crippen MR) is 73.4 cm³/mol. The van der Waals surface area contributed by atoms with E-state index in [2.05, 4.69) is 24.4 Å². The third kappa shape index (κ3) is 6.21. The van der Waals surface area contributed by atoms with Gasteiger partial charge >= 0.3 is 5.97 Å². The van der Waals surface area contributed by atoms with Gasteiger partial charge in [-0.2, -0.15) is 0 Å². The number of carbonyl (C=O) groups is 1. The van der Waals surface area contributed by atoms with E-state index >= 15 is 0 Å². The van der Waals surface area contributed by atoms with Gasteiger partial charge in [0.05, 0.1) is 6.61 Å². The van der Waals surface area contributed by atoms with Crippen molar-refractivity contribution in [2.24, 2.45) is 0 Å². The summed E-state index contributed by atoms with van der Waals surface area (Å²) in [7, 11) is 0. The highest BCUT2D eigenvalue weighted by Crippen LogP contribution is 2.02. The topological polar surface area (TPSA) is 38.3 Å². The number of nitrogens with one attached hydrogen (secondary N) is 1. The van der Waals surface area contributed by atoms with Crippen molar-refractivity contribution in [3.8, 4) is 0 Å². The zero-order valence-electron chi connectivity index (χ0n) is 11.1. The fraction of sp³-hybridized carbons (Fsp3) is 0.400. The zero-order valence-corrected chi connectivity index (χ0v) is 11.1. The Labute approximate surface area is 109 Å². The van der Waals surface area contributed by atoms with Crippen LogP contribution in [0.4, 0.5) is 0 Å². The molecular formula is C15H21NO2. The average molecular weight is 247 g/mol. The molecule has 3 nitrogen and oxygen atoms in total. The molecule has 0 saturated heterocycles. The summed E-state index contributed by atoms with van der Waals surface area (Å²) in [5.41, 5.74) is 1.31. The van der Waals surface area contributed by atoms with Crippen molar-refractivity contribution in [2.45, 2.75) is 26.3 Å². The Kier molecular flexibility index (Phi) is 6.81. The van der Waals surface area contributed by atoms with E-state index in [0.29, 0.717) is 19.2 Å². The molecule has 0 aromatic heterocycles. The van der Waals surface area contributed by atoms with Crippen LogP contribution in [0.5, 0.6) is 0 Å². The second-order valence-corrected chi connectivity index (χ2v) is 4.15. The highest BCUT2D eigenvalue weighted by atomic mass is 16.5. The normalized spacial score (nSPS) is 12.6. The van der Waals surface area contributed by atoms with Gasteiger partial charge in [-0.3, -0.25) is 0 Å². The summed E-state index contributed by atoms with van der Waals surface area (Å²) in [5, 5.41) is 3.33. The quantitative estimate of drug-likeness (QED) is 0.593. The third-order valence-corrected chi connectivity index (χ3v) is 2.51. The summed E-state index contributed by atoms with van der Waals surface area (Å²) in [6.07, 6.45) is 4.24. The van der Waals surface area contributed by atoms with Crippen molar-refractivity contribution in [3.05, 3.63) is 48.0 Å². The minimum Gasteiger partial charge on any atom is -0.463 e. The molecular weight excluding hydrogens is 226 g/mol. The molecule has 1 aromatic rings. The first kappa shape index (κ1) is 14.5. The van der Waals surface area contributed by atoms with Gasteiger partial charge in [0.2, 0.25) is 0 Å². The Morgan fingerprint density at radius 1 is 1.39 bits per heavy atom. The van der Waals surface area contributed by atoms with Crippen LogP contribution < -0.4 is 5.32 Å². The fourth-order valence-electron chi connectivity index (χ4n) is 1.65. The van der Waals surface area contributed by atoms with E-state index in [1.54, 1.807) is 13.0 Å². The van der Waals surface area contributed by atoms with E-state index in [1.807, 2.05) is 18.2 Å². The molecule has 1 atom stereocenters. The summed E-state index contributed by atoms with van der Waals surface area (Å²) in [4.78, 5) is 11.0. The lowest BCUT2D eigenvalue weighted by atomic mass is 10.1. The number of esters is 1. The zero-order chi connectivity index (χ0) is 13.2. The Hall–Kier alpha value is -1.61. The summed E-state index contributed by atoms with van der Waals surface area (Å²) in [6.45, 7) is 5.02. The van der Waals surface area contributed by atoms with Gasteiger partial charge in [0, 0.05) is 18.7 Å². The Balaban J connectivity index is 2.21. The Morgan fingerprint density at radius 2 is 2.11 bits per heavy atom. The maximum absolute atomic E-state index is 11.0. The minimum absolute atomic E-state index is 0.282. The lowest BCUT2D eigenvalue weighted by Gasteiger charge is -2.12. The van der Waals surface area contributed by atoms with E-state index in [9.17, 15) is 4.79 Å². The van der Waals surface area contributed by atoms with Crippen LogP contribution in [-0.4, -0.2) is 25.2 Å². The number of benzene rings is 1. The molecule has 3 heteroatoms. The Bertz CT molecular complexity index is 373. The van der Waals surface area contributed by atoms with Crippen molar-refractivity contribution in [2.75, 3.05) is 13.2 Å². The van der Waals surface area contributed by atoms with Crippen molar-refractivity contribution in [3.63, 3.8) is 0 Å². The van der Waals surface area contributed by atoms with Crippen LogP contribution in [0.2, 0.25) is 0 Å². The number of hydrogen-bond acceptors (Lipinski definition) is 3. The highest BCUT2D eigenvalue weighted by Gasteiger charge is 2.01. The van der Waals surface area contributed by atoms with Crippen molar-refractivity contribution in [1.82, 2.24) is 5.32 Å². The van der Waals surface area contributed by atoms with Crippen LogP contribution >= 0.6 is 0 Å². The van der Waals surface area contributed by atoms with E-state index in [-0.39, 0.29) is 5.97 Å². The van der Waals surface area contributed by atoms with Gasteiger partial charge in [-0.25, -0.2) is 4.79 Å². The lowest BCUT2D eigenvalue weighted by molar-refractivity contribution is -0.137. The van der Waals surface area contributed by atoms with Crippen LogP contribution in [0.15, 0.2) is 42.5 Å². The summed E-state index contributed by atoms with van der Waals surface area (Å²) >= 11 is 0. The number of hydrogen-bond donors (Lipinski definition) is 1. The molecule has 0 amide bonds. The molecule has 1 rings (SSSR count). The van der Waals surface area contributed by atoms with Crippen LogP contribution in [-0.2, 0) is 16.0 Å². The van der Waals surface area contributed by atoms with Gasteiger partial charge in [0.15, 0.2) is 0 Å². The minimum atomic E-state index is -0.282. The summed E-state index contributed by atoms with van der Waals surface area (Å²) in [5.74, 6) is -0.282. The molecule has 0 aliphatic heterocycles. The molecule has 1 N–H and O–H groups in total. The molecule has 0 saturated carbocycles. The number of carbonyl (C=O) groups excluding carboxylic acids is 1.